The number of nitrogens with one attached hydrogen (secondary N) is 1. The molecule has 2 heterocycles. The second kappa shape index (κ2) is 4.76. The number of halogens is 3. The Morgan fingerprint density at radius 2 is 2.00 bits per heavy atom. The van der Waals surface area contributed by atoms with Crippen molar-refractivity contribution in [2.75, 3.05) is 6.54 Å². The highest BCUT2D eigenvalue weighted by Crippen LogP contribution is 2.41. The SMILES string of the molecule is CC1(Cn2c(C(F)(F)F)nc3c2CCNC3)CCCC1. The first-order valence-electron chi connectivity index (χ1n) is 7.25. The maximum atomic E-state index is 13.2. The summed E-state index contributed by atoms with van der Waals surface area (Å²) in [5, 5.41) is 3.09. The topological polar surface area (TPSA) is 29.9 Å². The van der Waals surface area contributed by atoms with E-state index < -0.39 is 12.0 Å². The number of rotatable bonds is 2. The van der Waals surface area contributed by atoms with Crippen molar-refractivity contribution >= 4 is 0 Å². The van der Waals surface area contributed by atoms with Gasteiger partial charge in [0.2, 0.25) is 5.82 Å². The van der Waals surface area contributed by atoms with Gasteiger partial charge in [-0.3, -0.25) is 0 Å². The zero-order chi connectivity index (χ0) is 14.4. The Bertz CT molecular complexity index is 498. The molecule has 0 saturated heterocycles. The molecule has 2 aliphatic rings. The third-order valence-corrected chi connectivity index (χ3v) is 4.59. The van der Waals surface area contributed by atoms with E-state index in [1.807, 2.05) is 0 Å². The van der Waals surface area contributed by atoms with E-state index in [1.165, 1.54) is 4.57 Å². The highest BCUT2D eigenvalue weighted by atomic mass is 19.4. The monoisotopic (exact) mass is 287 g/mol. The molecule has 1 saturated carbocycles. The molecule has 112 valence electrons. The van der Waals surface area contributed by atoms with Gasteiger partial charge in [-0.25, -0.2) is 4.98 Å². The molecule has 1 aliphatic carbocycles. The van der Waals surface area contributed by atoms with Crippen molar-refractivity contribution < 1.29 is 13.2 Å². The largest absolute Gasteiger partial charge is 0.449 e. The van der Waals surface area contributed by atoms with E-state index >= 15 is 0 Å². The maximum absolute atomic E-state index is 13.2. The standard InChI is InChI=1S/C14H20F3N3/c1-13(5-2-3-6-13)9-20-11-4-7-18-8-10(11)19-12(20)14(15,16)17/h18H,2-9H2,1H3. The fourth-order valence-electron chi connectivity index (χ4n) is 3.53. The lowest BCUT2D eigenvalue weighted by atomic mass is 9.88. The first kappa shape index (κ1) is 13.9. The van der Waals surface area contributed by atoms with E-state index in [0.29, 0.717) is 25.2 Å². The lowest BCUT2D eigenvalue weighted by Crippen LogP contribution is -2.28. The normalized spacial score (nSPS) is 22.0. The van der Waals surface area contributed by atoms with Gasteiger partial charge in [-0.1, -0.05) is 19.8 Å². The van der Waals surface area contributed by atoms with Gasteiger partial charge in [0.1, 0.15) is 0 Å². The molecule has 3 rings (SSSR count). The molecule has 1 aliphatic heterocycles. The van der Waals surface area contributed by atoms with Crippen molar-refractivity contribution in [3.05, 3.63) is 17.2 Å². The number of alkyl halides is 3. The summed E-state index contributed by atoms with van der Waals surface area (Å²) in [6.07, 6.45) is 0.526. The maximum Gasteiger partial charge on any atom is 0.449 e. The van der Waals surface area contributed by atoms with Crippen LogP contribution in [0, 0.1) is 5.41 Å². The van der Waals surface area contributed by atoms with Crippen LogP contribution in [0.1, 0.15) is 49.8 Å². The van der Waals surface area contributed by atoms with Crippen LogP contribution < -0.4 is 5.32 Å². The Morgan fingerprint density at radius 3 is 2.65 bits per heavy atom. The molecule has 0 aromatic carbocycles. The Hall–Kier alpha value is -1.04. The number of nitrogens with zero attached hydrogens (tertiary/aromatic N) is 2. The number of hydrogen-bond donors (Lipinski definition) is 1. The molecule has 0 radical (unpaired) electrons. The first-order valence-corrected chi connectivity index (χ1v) is 7.25. The zero-order valence-corrected chi connectivity index (χ0v) is 11.7. The van der Waals surface area contributed by atoms with Crippen molar-refractivity contribution in [1.29, 1.82) is 0 Å². The fraction of sp³-hybridized carbons (Fsp3) is 0.786. The van der Waals surface area contributed by atoms with Crippen molar-refractivity contribution in [1.82, 2.24) is 14.9 Å². The molecule has 0 bridgehead atoms. The van der Waals surface area contributed by atoms with Gasteiger partial charge < -0.3 is 9.88 Å². The molecular weight excluding hydrogens is 267 g/mol. The van der Waals surface area contributed by atoms with Crippen molar-refractivity contribution in [3.63, 3.8) is 0 Å². The molecular formula is C14H20F3N3. The highest BCUT2D eigenvalue weighted by Gasteiger charge is 2.41. The second-order valence-electron chi connectivity index (χ2n) is 6.36. The summed E-state index contributed by atoms with van der Waals surface area (Å²) in [4.78, 5) is 3.87. The number of fused-ring (bicyclic) bond motifs is 1. The molecule has 1 aromatic heterocycles. The van der Waals surface area contributed by atoms with Crippen LogP contribution in [0.25, 0.3) is 0 Å². The van der Waals surface area contributed by atoms with Crippen LogP contribution in [0.5, 0.6) is 0 Å². The van der Waals surface area contributed by atoms with Crippen LogP contribution in [0.3, 0.4) is 0 Å². The summed E-state index contributed by atoms with van der Waals surface area (Å²) in [6.45, 7) is 3.73. The minimum absolute atomic E-state index is 0.0145. The Morgan fingerprint density at radius 1 is 1.30 bits per heavy atom. The zero-order valence-electron chi connectivity index (χ0n) is 11.7. The van der Waals surface area contributed by atoms with E-state index in [4.69, 9.17) is 0 Å². The highest BCUT2D eigenvalue weighted by molar-refractivity contribution is 5.22. The summed E-state index contributed by atoms with van der Waals surface area (Å²) >= 11 is 0. The average Bonchev–Trinajstić information content (AvgIpc) is 2.94. The molecule has 0 spiro atoms. The minimum Gasteiger partial charge on any atom is -0.324 e. The Kier molecular flexibility index (Phi) is 3.31. The van der Waals surface area contributed by atoms with Gasteiger partial charge in [0, 0.05) is 31.7 Å². The first-order chi connectivity index (χ1) is 9.39. The number of hydrogen-bond acceptors (Lipinski definition) is 2. The second-order valence-corrected chi connectivity index (χ2v) is 6.36. The minimum atomic E-state index is -4.37. The fourth-order valence-corrected chi connectivity index (χ4v) is 3.53. The van der Waals surface area contributed by atoms with E-state index in [-0.39, 0.29) is 5.41 Å². The van der Waals surface area contributed by atoms with Crippen LogP contribution in [-0.4, -0.2) is 16.1 Å². The quantitative estimate of drug-likeness (QED) is 0.905. The molecule has 0 amide bonds. The van der Waals surface area contributed by atoms with Gasteiger partial charge in [0.15, 0.2) is 0 Å². The smallest absolute Gasteiger partial charge is 0.324 e. The predicted octanol–water partition coefficient (Wildman–Crippen LogP) is 3.13. The van der Waals surface area contributed by atoms with Crippen molar-refractivity contribution in [2.45, 2.75) is 58.3 Å². The van der Waals surface area contributed by atoms with Gasteiger partial charge in [-0.15, -0.1) is 0 Å². The van der Waals surface area contributed by atoms with Gasteiger partial charge in [-0.05, 0) is 18.3 Å². The van der Waals surface area contributed by atoms with E-state index in [1.54, 1.807) is 0 Å². The van der Waals surface area contributed by atoms with E-state index in [2.05, 4.69) is 17.2 Å². The third kappa shape index (κ3) is 2.45. The summed E-state index contributed by atoms with van der Waals surface area (Å²) in [6, 6.07) is 0. The Labute approximate surface area is 116 Å². The average molecular weight is 287 g/mol. The van der Waals surface area contributed by atoms with Crippen molar-refractivity contribution in [2.24, 2.45) is 5.41 Å². The van der Waals surface area contributed by atoms with Crippen LogP contribution in [0.4, 0.5) is 13.2 Å². The predicted molar refractivity (Wildman–Crippen MR) is 69.2 cm³/mol. The van der Waals surface area contributed by atoms with Gasteiger partial charge in [-0.2, -0.15) is 13.2 Å². The summed E-state index contributed by atoms with van der Waals surface area (Å²) in [7, 11) is 0. The van der Waals surface area contributed by atoms with Gasteiger partial charge in [0.25, 0.3) is 0 Å². The summed E-state index contributed by atoms with van der Waals surface area (Å²) in [5.74, 6) is -0.709. The lowest BCUT2D eigenvalue weighted by Gasteiger charge is -2.27. The van der Waals surface area contributed by atoms with E-state index in [0.717, 1.165) is 37.9 Å². The number of imidazole rings is 1. The molecule has 1 aromatic rings. The molecule has 0 atom stereocenters. The van der Waals surface area contributed by atoms with Crippen LogP contribution in [-0.2, 0) is 25.7 Å². The molecule has 1 fully saturated rings. The molecule has 3 nitrogen and oxygen atoms in total. The molecule has 1 N–H and O–H groups in total. The van der Waals surface area contributed by atoms with Crippen LogP contribution >= 0.6 is 0 Å². The third-order valence-electron chi connectivity index (χ3n) is 4.59. The lowest BCUT2D eigenvalue weighted by molar-refractivity contribution is -0.148. The van der Waals surface area contributed by atoms with E-state index in [9.17, 15) is 13.2 Å². The summed E-state index contributed by atoms with van der Waals surface area (Å²) < 4.78 is 41.1. The molecule has 6 heteroatoms. The van der Waals surface area contributed by atoms with Gasteiger partial charge in [0.05, 0.1) is 5.69 Å². The van der Waals surface area contributed by atoms with Crippen LogP contribution in [0.15, 0.2) is 0 Å². The van der Waals surface area contributed by atoms with Gasteiger partial charge >= 0.3 is 6.18 Å². The van der Waals surface area contributed by atoms with Crippen LogP contribution in [0.2, 0.25) is 0 Å². The van der Waals surface area contributed by atoms with Crippen molar-refractivity contribution in [3.8, 4) is 0 Å². The summed E-state index contributed by atoms with van der Waals surface area (Å²) in [5.41, 5.74) is 1.34. The Balaban J connectivity index is 2.00. The number of aromatic nitrogens is 2. The molecule has 20 heavy (non-hydrogen) atoms. The molecule has 0 unspecified atom stereocenters.